The zero-order valence-corrected chi connectivity index (χ0v) is 21.7. The summed E-state index contributed by atoms with van der Waals surface area (Å²) in [6.45, 7) is 16.3. The Kier molecular flexibility index (Phi) is 34.6. The van der Waals surface area contributed by atoms with Gasteiger partial charge in [0.15, 0.2) is 6.10 Å². The largest absolute Gasteiger partial charge is 0.488 e. The molecule has 0 aromatic rings. The number of hydrogen-bond acceptors (Lipinski definition) is 3. The van der Waals surface area contributed by atoms with Crippen molar-refractivity contribution in [1.82, 2.24) is 10.2 Å². The Morgan fingerprint density at radius 3 is 2.13 bits per heavy atom. The molecule has 5 heteroatoms. The van der Waals surface area contributed by atoms with Crippen LogP contribution in [0.25, 0.3) is 0 Å². The van der Waals surface area contributed by atoms with Crippen molar-refractivity contribution < 1.29 is 9.53 Å². The number of nitrogens with one attached hydrogen (secondary N) is 1. The first kappa shape index (κ1) is 36.0. The number of rotatable bonds is 10. The fourth-order valence-electron chi connectivity index (χ4n) is 1.50. The Labute approximate surface area is 197 Å². The quantitative estimate of drug-likeness (QED) is 0.130. The molecule has 0 spiro atoms. The van der Waals surface area contributed by atoms with Crippen molar-refractivity contribution in [3.63, 3.8) is 0 Å². The highest BCUT2D eigenvalue weighted by atomic mass is 35.5. The van der Waals surface area contributed by atoms with Gasteiger partial charge in [-0.15, -0.1) is 19.4 Å². The van der Waals surface area contributed by atoms with Gasteiger partial charge in [0.25, 0.3) is 5.91 Å². The molecule has 0 rings (SSSR count). The average molecular weight is 453 g/mol. The van der Waals surface area contributed by atoms with Gasteiger partial charge in [-0.25, -0.2) is 0 Å². The molecule has 0 saturated carbocycles. The van der Waals surface area contributed by atoms with E-state index in [2.05, 4.69) is 56.5 Å². The second-order valence-corrected chi connectivity index (χ2v) is 6.75. The summed E-state index contributed by atoms with van der Waals surface area (Å²) in [6, 6.07) is 0. The van der Waals surface area contributed by atoms with Crippen LogP contribution < -0.4 is 5.32 Å². The summed E-state index contributed by atoms with van der Waals surface area (Å²) >= 11 is 5.86. The van der Waals surface area contributed by atoms with Gasteiger partial charge in [-0.05, 0) is 51.8 Å². The molecule has 1 amide bonds. The Morgan fingerprint density at radius 2 is 1.77 bits per heavy atom. The van der Waals surface area contributed by atoms with Crippen molar-refractivity contribution in [3.8, 4) is 12.8 Å². The summed E-state index contributed by atoms with van der Waals surface area (Å²) in [5.41, 5.74) is 1.31. The summed E-state index contributed by atoms with van der Waals surface area (Å²) in [4.78, 5) is 13.8. The smallest absolute Gasteiger partial charge is 0.261 e. The second kappa shape index (κ2) is 29.8. The minimum Gasteiger partial charge on any atom is -0.488 e. The van der Waals surface area contributed by atoms with Crippen molar-refractivity contribution in [2.24, 2.45) is 0 Å². The second-order valence-electron chi connectivity index (χ2n) is 6.31. The standard InChI is InChI=1S/C15H22ClNO2.C6H13N.C3H8.C2H2/c1-4-7-11-17-15(18)14(6-3)19-12-8-10-13(16)9-5-2;1-5-6(2)7(3)4;1-3-2;1-2/h4-5,8-10,12,14H,1,6-7,11H2,2-3H3,(H,17,18);5H,1-4H3;3H2,1-2H3;1-2H/b9-5-,12-8+,13-10+;6-5+;;. The van der Waals surface area contributed by atoms with Crippen molar-refractivity contribution in [2.45, 2.75) is 66.9 Å². The van der Waals surface area contributed by atoms with E-state index in [0.29, 0.717) is 18.0 Å². The summed E-state index contributed by atoms with van der Waals surface area (Å²) in [6.07, 6.45) is 22.4. The number of carbonyl (C=O) groups excluding carboxylic acids is 1. The Hall–Kier alpha value is -2.38. The van der Waals surface area contributed by atoms with E-state index in [1.165, 1.54) is 18.4 Å². The number of terminal acetylenes is 1. The van der Waals surface area contributed by atoms with Crippen LogP contribution in [0.15, 0.2) is 60.0 Å². The van der Waals surface area contributed by atoms with Gasteiger partial charge < -0.3 is 15.0 Å². The van der Waals surface area contributed by atoms with Gasteiger partial charge in [-0.3, -0.25) is 4.79 Å². The van der Waals surface area contributed by atoms with Crippen LogP contribution in [0.4, 0.5) is 0 Å². The molecule has 178 valence electrons. The predicted molar refractivity (Wildman–Crippen MR) is 140 cm³/mol. The van der Waals surface area contributed by atoms with Crippen LogP contribution in [-0.4, -0.2) is 37.6 Å². The average Bonchev–Trinajstić information content (AvgIpc) is 2.75. The zero-order valence-electron chi connectivity index (χ0n) is 21.0. The Balaban J connectivity index is -0.000000251. The van der Waals surface area contributed by atoms with E-state index in [0.717, 1.165) is 6.42 Å². The molecule has 4 nitrogen and oxygen atoms in total. The number of carbonyl (C=O) groups is 1. The van der Waals surface area contributed by atoms with E-state index in [9.17, 15) is 4.79 Å². The van der Waals surface area contributed by atoms with Gasteiger partial charge in [-0.2, -0.15) is 0 Å². The van der Waals surface area contributed by atoms with Crippen LogP contribution in [0.3, 0.4) is 0 Å². The number of amides is 1. The highest BCUT2D eigenvalue weighted by Gasteiger charge is 2.15. The zero-order chi connectivity index (χ0) is 25.1. The summed E-state index contributed by atoms with van der Waals surface area (Å²) in [5.74, 6) is -0.113. The molecule has 0 radical (unpaired) electrons. The third kappa shape index (κ3) is 29.9. The molecule has 0 aromatic carbocycles. The van der Waals surface area contributed by atoms with E-state index in [1.54, 1.807) is 24.3 Å². The molecule has 1 unspecified atom stereocenters. The molecular weight excluding hydrogens is 408 g/mol. The van der Waals surface area contributed by atoms with Crippen molar-refractivity contribution in [1.29, 1.82) is 0 Å². The first-order valence-electron chi connectivity index (χ1n) is 10.6. The molecule has 0 fully saturated rings. The van der Waals surface area contributed by atoms with E-state index < -0.39 is 6.10 Å². The maximum absolute atomic E-state index is 11.7. The molecule has 1 atom stereocenters. The lowest BCUT2D eigenvalue weighted by atomic mass is 10.2. The molecule has 0 aliphatic heterocycles. The van der Waals surface area contributed by atoms with Crippen LogP contribution in [0.1, 0.15) is 60.8 Å². The summed E-state index contributed by atoms with van der Waals surface area (Å²) in [7, 11) is 4.07. The molecule has 0 heterocycles. The van der Waals surface area contributed by atoms with Crippen LogP contribution in [0.2, 0.25) is 0 Å². The van der Waals surface area contributed by atoms with Gasteiger partial charge in [0, 0.05) is 31.4 Å². The van der Waals surface area contributed by atoms with Crippen molar-refractivity contribution in [2.75, 3.05) is 20.6 Å². The lowest BCUT2D eigenvalue weighted by Crippen LogP contribution is -2.35. The molecular formula is C26H45ClN2O2. The van der Waals surface area contributed by atoms with E-state index in [4.69, 9.17) is 16.3 Å². The minimum absolute atomic E-state index is 0.113. The highest BCUT2D eigenvalue weighted by molar-refractivity contribution is 6.31. The summed E-state index contributed by atoms with van der Waals surface area (Å²) in [5, 5.41) is 3.39. The number of ether oxygens (including phenoxy) is 1. The third-order valence-corrected chi connectivity index (χ3v) is 3.59. The van der Waals surface area contributed by atoms with Gasteiger partial charge in [0.1, 0.15) is 0 Å². The van der Waals surface area contributed by atoms with Crippen molar-refractivity contribution in [3.05, 3.63) is 60.0 Å². The predicted octanol–water partition coefficient (Wildman–Crippen LogP) is 6.82. The fourth-order valence-corrected chi connectivity index (χ4v) is 1.70. The Morgan fingerprint density at radius 1 is 1.23 bits per heavy atom. The fraction of sp³-hybridized carbons (Fsp3) is 0.500. The number of nitrogens with zero attached hydrogens (tertiary/aromatic N) is 1. The molecule has 31 heavy (non-hydrogen) atoms. The van der Waals surface area contributed by atoms with Gasteiger partial charge in [0.05, 0.1) is 6.26 Å². The molecule has 0 aromatic heterocycles. The van der Waals surface area contributed by atoms with E-state index in [1.807, 2.05) is 40.9 Å². The van der Waals surface area contributed by atoms with Crippen LogP contribution >= 0.6 is 11.6 Å². The van der Waals surface area contributed by atoms with Crippen LogP contribution in [0.5, 0.6) is 0 Å². The first-order valence-corrected chi connectivity index (χ1v) is 11.0. The molecule has 0 aliphatic carbocycles. The van der Waals surface area contributed by atoms with Gasteiger partial charge >= 0.3 is 0 Å². The molecule has 0 bridgehead atoms. The topological polar surface area (TPSA) is 41.6 Å². The SMILES string of the molecule is C#C.C/C=C(\C)N(C)C.C=CCCNC(=O)C(CC)O/C=C/C=C(Cl)\C=C/C.CCC. The normalized spacial score (nSPS) is 11.7. The van der Waals surface area contributed by atoms with Crippen LogP contribution in [0, 0.1) is 12.8 Å². The van der Waals surface area contributed by atoms with Crippen LogP contribution in [-0.2, 0) is 9.53 Å². The minimum atomic E-state index is -0.477. The first-order chi connectivity index (χ1) is 14.7. The number of allylic oxidation sites excluding steroid dienone is 7. The maximum Gasteiger partial charge on any atom is 0.261 e. The van der Waals surface area contributed by atoms with Crippen molar-refractivity contribution >= 4 is 17.5 Å². The van der Waals surface area contributed by atoms with Gasteiger partial charge in [0.2, 0.25) is 0 Å². The maximum atomic E-state index is 11.7. The molecule has 0 aliphatic rings. The Bertz CT molecular complexity index is 559. The number of halogens is 1. The lowest BCUT2D eigenvalue weighted by molar-refractivity contribution is -0.129. The molecule has 1 N–H and O–H groups in total. The highest BCUT2D eigenvalue weighted by Crippen LogP contribution is 2.04. The van der Waals surface area contributed by atoms with E-state index >= 15 is 0 Å². The third-order valence-electron chi connectivity index (χ3n) is 3.34. The number of hydrogen-bond donors (Lipinski definition) is 1. The monoisotopic (exact) mass is 452 g/mol. The van der Waals surface area contributed by atoms with Gasteiger partial charge in [-0.1, -0.05) is 57.0 Å². The van der Waals surface area contributed by atoms with E-state index in [-0.39, 0.29) is 5.91 Å². The summed E-state index contributed by atoms with van der Waals surface area (Å²) < 4.78 is 5.37. The lowest BCUT2D eigenvalue weighted by Gasteiger charge is -2.13. The molecule has 0 saturated heterocycles.